The number of amides is 1. The Balaban J connectivity index is 1.70. The predicted molar refractivity (Wildman–Crippen MR) is 154 cm³/mol. The Morgan fingerprint density at radius 1 is 1.10 bits per heavy atom. The van der Waals surface area contributed by atoms with Crippen molar-refractivity contribution in [1.82, 2.24) is 10.2 Å². The van der Waals surface area contributed by atoms with Crippen LogP contribution < -0.4 is 10.2 Å². The van der Waals surface area contributed by atoms with Gasteiger partial charge in [-0.25, -0.2) is 4.99 Å². The summed E-state index contributed by atoms with van der Waals surface area (Å²) in [6.07, 6.45) is 0.701. The van der Waals surface area contributed by atoms with Crippen molar-refractivity contribution < 1.29 is 19.8 Å². The van der Waals surface area contributed by atoms with Crippen LogP contribution in [0.15, 0.2) is 46.5 Å². The summed E-state index contributed by atoms with van der Waals surface area (Å²) in [6.45, 7) is 8.20. The van der Waals surface area contributed by atoms with Crippen LogP contribution in [0.2, 0.25) is 10.0 Å². The minimum Gasteiger partial charge on any atom is -0.481 e. The number of fused-ring (bicyclic) bond motifs is 2. The standard InChI is InChI=1S/C29H34Cl2N4O4/c1-17-6-8-21-13-18(2)19(3)14-24(21)35(27-26(17)28(38)33-29(39)32-27)12-11-34(10-4-5-25(36)37)16-20-7-9-22(30)23(31)15-20/h7,9,13-15,29,39H,4-6,8,10-12,16H2,1-3H3,(H,33,38)(H,36,37). The van der Waals surface area contributed by atoms with Crippen LogP contribution in [-0.4, -0.2) is 58.8 Å². The molecule has 2 aromatic rings. The summed E-state index contributed by atoms with van der Waals surface area (Å²) in [7, 11) is 0. The van der Waals surface area contributed by atoms with E-state index in [2.05, 4.69) is 41.2 Å². The van der Waals surface area contributed by atoms with Gasteiger partial charge in [-0.3, -0.25) is 14.5 Å². The van der Waals surface area contributed by atoms with Crippen molar-refractivity contribution in [1.29, 1.82) is 0 Å². The molecule has 8 nitrogen and oxygen atoms in total. The number of carbonyl (C=O) groups is 2. The molecule has 0 fully saturated rings. The van der Waals surface area contributed by atoms with E-state index in [9.17, 15) is 19.8 Å². The quantitative estimate of drug-likeness (QED) is 0.396. The molecule has 4 rings (SSSR count). The van der Waals surface area contributed by atoms with Gasteiger partial charge >= 0.3 is 5.97 Å². The van der Waals surface area contributed by atoms with Crippen LogP contribution in [0.4, 0.5) is 5.69 Å². The third kappa shape index (κ3) is 7.00. The van der Waals surface area contributed by atoms with Gasteiger partial charge in [0.05, 0.1) is 15.6 Å². The monoisotopic (exact) mass is 572 g/mol. The molecule has 1 atom stereocenters. The van der Waals surface area contributed by atoms with Crippen molar-refractivity contribution in [2.75, 3.05) is 24.5 Å². The number of aryl methyl sites for hydroxylation is 3. The SMILES string of the molecule is CC1=C2C(=O)NC(O)N=C2N(CCN(CCCC(=O)O)Cc2ccc(Cl)c(Cl)c2)c2cc(C)c(C)cc2CC1. The number of rotatable bonds is 9. The highest BCUT2D eigenvalue weighted by atomic mass is 35.5. The Kier molecular flexibility index (Phi) is 9.33. The van der Waals surface area contributed by atoms with Gasteiger partial charge < -0.3 is 20.4 Å². The van der Waals surface area contributed by atoms with Gasteiger partial charge in [-0.05, 0) is 87.0 Å². The van der Waals surface area contributed by atoms with Crippen molar-refractivity contribution in [3.05, 3.63) is 73.8 Å². The van der Waals surface area contributed by atoms with E-state index >= 15 is 0 Å². The topological polar surface area (TPSA) is 105 Å². The number of halogens is 2. The highest BCUT2D eigenvalue weighted by molar-refractivity contribution is 6.42. The number of aliphatic hydroxyl groups is 1. The Morgan fingerprint density at radius 3 is 2.56 bits per heavy atom. The molecule has 0 bridgehead atoms. The molecule has 2 aliphatic heterocycles. The molecule has 1 unspecified atom stereocenters. The van der Waals surface area contributed by atoms with E-state index in [-0.39, 0.29) is 12.3 Å². The van der Waals surface area contributed by atoms with Gasteiger partial charge in [0.2, 0.25) is 6.35 Å². The van der Waals surface area contributed by atoms with Crippen LogP contribution in [0.5, 0.6) is 0 Å². The first-order valence-corrected chi connectivity index (χ1v) is 13.8. The molecular formula is C29H34Cl2N4O4. The molecule has 0 radical (unpaired) electrons. The molecule has 2 aliphatic rings. The number of anilines is 1. The number of nitrogens with one attached hydrogen (secondary N) is 1. The van der Waals surface area contributed by atoms with Gasteiger partial charge in [0.15, 0.2) is 0 Å². The summed E-state index contributed by atoms with van der Waals surface area (Å²) < 4.78 is 0. The number of benzene rings is 2. The normalized spacial score (nSPS) is 17.3. The maximum atomic E-state index is 13.0. The molecule has 0 spiro atoms. The average molecular weight is 574 g/mol. The summed E-state index contributed by atoms with van der Waals surface area (Å²) in [5.41, 5.74) is 6.80. The van der Waals surface area contributed by atoms with Crippen LogP contribution in [-0.2, 0) is 22.6 Å². The van der Waals surface area contributed by atoms with Crippen LogP contribution in [0, 0.1) is 13.8 Å². The number of carboxylic acids is 1. The Labute approximate surface area is 238 Å². The number of carboxylic acid groups (broad SMARTS) is 1. The van der Waals surface area contributed by atoms with Crippen LogP contribution in [0.3, 0.4) is 0 Å². The van der Waals surface area contributed by atoms with E-state index in [0.717, 1.165) is 34.4 Å². The van der Waals surface area contributed by atoms with Crippen molar-refractivity contribution in [3.8, 4) is 0 Å². The zero-order valence-electron chi connectivity index (χ0n) is 22.4. The number of aliphatic imine (C=N–C) groups is 1. The largest absolute Gasteiger partial charge is 0.481 e. The van der Waals surface area contributed by atoms with Gasteiger partial charge in [-0.2, -0.15) is 0 Å². The first-order valence-electron chi connectivity index (χ1n) is 13.1. The summed E-state index contributed by atoms with van der Waals surface area (Å²) in [5, 5.41) is 23.0. The molecule has 0 saturated carbocycles. The smallest absolute Gasteiger partial charge is 0.303 e. The van der Waals surface area contributed by atoms with E-state index in [1.54, 1.807) is 6.07 Å². The van der Waals surface area contributed by atoms with Crippen LogP contribution in [0.25, 0.3) is 0 Å². The van der Waals surface area contributed by atoms with Crippen LogP contribution >= 0.6 is 23.2 Å². The van der Waals surface area contributed by atoms with Gasteiger partial charge in [0, 0.05) is 31.7 Å². The number of carbonyl (C=O) groups excluding carboxylic acids is 1. The second-order valence-corrected chi connectivity index (χ2v) is 11.0. The lowest BCUT2D eigenvalue weighted by atomic mass is 9.92. The van der Waals surface area contributed by atoms with E-state index in [1.165, 1.54) is 5.56 Å². The third-order valence-corrected chi connectivity index (χ3v) is 8.03. The molecule has 2 aromatic carbocycles. The number of aliphatic carboxylic acids is 1. The fraction of sp³-hybridized carbons (Fsp3) is 0.414. The number of hydrogen-bond donors (Lipinski definition) is 3. The third-order valence-electron chi connectivity index (χ3n) is 7.29. The molecule has 2 heterocycles. The lowest BCUT2D eigenvalue weighted by molar-refractivity contribution is -0.137. The van der Waals surface area contributed by atoms with Crippen molar-refractivity contribution in [2.45, 2.75) is 59.4 Å². The average Bonchev–Trinajstić information content (AvgIpc) is 2.85. The summed E-state index contributed by atoms with van der Waals surface area (Å²) in [5.74, 6) is -0.723. The predicted octanol–water partition coefficient (Wildman–Crippen LogP) is 4.85. The van der Waals surface area contributed by atoms with Gasteiger partial charge in [-0.1, -0.05) is 40.9 Å². The van der Waals surface area contributed by atoms with Crippen molar-refractivity contribution in [2.24, 2.45) is 4.99 Å². The van der Waals surface area contributed by atoms with E-state index in [0.29, 0.717) is 60.5 Å². The summed E-state index contributed by atoms with van der Waals surface area (Å²) >= 11 is 12.4. The number of amidine groups is 1. The van der Waals surface area contributed by atoms with Crippen LogP contribution in [0.1, 0.15) is 48.4 Å². The van der Waals surface area contributed by atoms with Gasteiger partial charge in [-0.15, -0.1) is 0 Å². The first kappa shape index (κ1) is 29.1. The minimum atomic E-state index is -1.33. The lowest BCUT2D eigenvalue weighted by Gasteiger charge is -2.36. The zero-order valence-corrected chi connectivity index (χ0v) is 23.9. The second kappa shape index (κ2) is 12.5. The van der Waals surface area contributed by atoms with E-state index in [1.807, 2.05) is 24.0 Å². The molecule has 0 saturated heterocycles. The van der Waals surface area contributed by atoms with Crippen molar-refractivity contribution in [3.63, 3.8) is 0 Å². The second-order valence-electron chi connectivity index (χ2n) is 10.2. The molecule has 39 heavy (non-hydrogen) atoms. The highest BCUT2D eigenvalue weighted by Crippen LogP contribution is 2.33. The number of allylic oxidation sites excluding steroid dienone is 1. The fourth-order valence-corrected chi connectivity index (χ4v) is 5.37. The maximum Gasteiger partial charge on any atom is 0.303 e. The first-order chi connectivity index (χ1) is 18.5. The van der Waals surface area contributed by atoms with E-state index < -0.39 is 12.3 Å². The number of hydrogen-bond acceptors (Lipinski definition) is 6. The molecule has 3 N–H and O–H groups in total. The number of nitrogens with zero attached hydrogens (tertiary/aromatic N) is 3. The fourth-order valence-electron chi connectivity index (χ4n) is 5.05. The summed E-state index contributed by atoms with van der Waals surface area (Å²) in [4.78, 5) is 32.9. The van der Waals surface area contributed by atoms with Crippen molar-refractivity contribution >= 4 is 46.6 Å². The van der Waals surface area contributed by atoms with E-state index in [4.69, 9.17) is 23.2 Å². The Bertz CT molecular complexity index is 1340. The molecule has 0 aromatic heterocycles. The molecule has 10 heteroatoms. The minimum absolute atomic E-state index is 0.0635. The molecule has 0 aliphatic carbocycles. The highest BCUT2D eigenvalue weighted by Gasteiger charge is 2.33. The Morgan fingerprint density at radius 2 is 1.85 bits per heavy atom. The molecule has 1 amide bonds. The molecule has 208 valence electrons. The van der Waals surface area contributed by atoms with Gasteiger partial charge in [0.1, 0.15) is 5.84 Å². The maximum absolute atomic E-state index is 13.0. The molecular weight excluding hydrogens is 539 g/mol. The lowest BCUT2D eigenvalue weighted by Crippen LogP contribution is -2.50. The number of aliphatic hydroxyl groups excluding tert-OH is 1. The van der Waals surface area contributed by atoms with Gasteiger partial charge in [0.25, 0.3) is 5.91 Å². The Hall–Kier alpha value is -2.91. The zero-order chi connectivity index (χ0) is 28.3. The summed E-state index contributed by atoms with van der Waals surface area (Å²) in [6, 6.07) is 9.80.